The van der Waals surface area contributed by atoms with Gasteiger partial charge in [-0.2, -0.15) is 0 Å². The number of carbonyl (C=O) groups is 1. The molecule has 1 rings (SSSR count). The van der Waals surface area contributed by atoms with E-state index in [4.69, 9.17) is 5.73 Å². The number of aryl methyl sites for hydroxylation is 1. The number of carbonyl (C=O) groups excluding carboxylic acids is 1. The molecule has 0 spiro atoms. The average Bonchev–Trinajstić information content (AvgIpc) is 2.29. The number of rotatable bonds is 5. The molecular weight excluding hydrogens is 218 g/mol. The minimum Gasteiger partial charge on any atom is -0.364 e. The maximum atomic E-state index is 12.1. The Morgan fingerprint density at radius 3 is 2.76 bits per heavy atom. The molecule has 1 aromatic heterocycles. The summed E-state index contributed by atoms with van der Waals surface area (Å²) >= 11 is 0. The quantitative estimate of drug-likeness (QED) is 0.782. The second-order valence-electron chi connectivity index (χ2n) is 3.92. The minimum absolute atomic E-state index is 0.189. The molecule has 0 atom stereocenters. The van der Waals surface area contributed by atoms with Crippen molar-refractivity contribution in [3.8, 4) is 0 Å². The summed E-state index contributed by atoms with van der Waals surface area (Å²) in [6.07, 6.45) is 2.22. The first-order valence-electron chi connectivity index (χ1n) is 5.78. The lowest BCUT2D eigenvalue weighted by molar-refractivity contribution is 0.0762. The lowest BCUT2D eigenvalue weighted by atomic mass is 10.2. The topological polar surface area (TPSA) is 79.2 Å². The monoisotopic (exact) mass is 237 g/mol. The van der Waals surface area contributed by atoms with E-state index in [1.165, 1.54) is 12.3 Å². The molecule has 94 valence electrons. The van der Waals surface area contributed by atoms with E-state index in [0.717, 1.165) is 12.1 Å². The zero-order valence-corrected chi connectivity index (χ0v) is 10.3. The SMILES string of the molecule is CCN(CCCN)C(=O)c1c[nH]c(C)cc1=O. The van der Waals surface area contributed by atoms with Gasteiger partial charge in [-0.25, -0.2) is 0 Å². The van der Waals surface area contributed by atoms with Crippen LogP contribution in [0.4, 0.5) is 0 Å². The first-order valence-corrected chi connectivity index (χ1v) is 5.78. The molecule has 0 saturated carbocycles. The van der Waals surface area contributed by atoms with Gasteiger partial charge in [-0.3, -0.25) is 9.59 Å². The van der Waals surface area contributed by atoms with E-state index in [-0.39, 0.29) is 16.9 Å². The van der Waals surface area contributed by atoms with E-state index in [9.17, 15) is 9.59 Å². The van der Waals surface area contributed by atoms with Crippen molar-refractivity contribution in [1.82, 2.24) is 9.88 Å². The Morgan fingerprint density at radius 2 is 2.24 bits per heavy atom. The van der Waals surface area contributed by atoms with Crippen molar-refractivity contribution in [3.63, 3.8) is 0 Å². The van der Waals surface area contributed by atoms with Gasteiger partial charge < -0.3 is 15.6 Å². The van der Waals surface area contributed by atoms with Crippen molar-refractivity contribution in [2.45, 2.75) is 20.3 Å². The molecule has 0 radical (unpaired) electrons. The van der Waals surface area contributed by atoms with Crippen molar-refractivity contribution >= 4 is 5.91 Å². The Morgan fingerprint density at radius 1 is 1.53 bits per heavy atom. The largest absolute Gasteiger partial charge is 0.364 e. The zero-order valence-electron chi connectivity index (χ0n) is 10.3. The molecule has 3 N–H and O–H groups in total. The normalized spacial score (nSPS) is 10.3. The molecule has 1 heterocycles. The molecule has 0 aliphatic heterocycles. The molecule has 0 saturated heterocycles. The van der Waals surface area contributed by atoms with E-state index < -0.39 is 0 Å². The Balaban J connectivity index is 2.90. The minimum atomic E-state index is -0.238. The summed E-state index contributed by atoms with van der Waals surface area (Å²) in [7, 11) is 0. The first-order chi connectivity index (χ1) is 8.10. The molecule has 0 aromatic carbocycles. The van der Waals surface area contributed by atoms with Gasteiger partial charge in [0.15, 0.2) is 5.43 Å². The number of nitrogens with one attached hydrogen (secondary N) is 1. The highest BCUT2D eigenvalue weighted by atomic mass is 16.2. The molecule has 1 aromatic rings. The third-order valence-electron chi connectivity index (χ3n) is 2.59. The number of nitrogens with zero attached hydrogens (tertiary/aromatic N) is 1. The van der Waals surface area contributed by atoms with E-state index in [2.05, 4.69) is 4.98 Å². The fraction of sp³-hybridized carbons (Fsp3) is 0.500. The summed E-state index contributed by atoms with van der Waals surface area (Å²) in [5.74, 6) is -0.234. The van der Waals surface area contributed by atoms with E-state index in [1.807, 2.05) is 6.92 Å². The first kappa shape index (κ1) is 13.4. The molecule has 5 heteroatoms. The molecule has 5 nitrogen and oxygen atoms in total. The van der Waals surface area contributed by atoms with Crippen LogP contribution in [0.5, 0.6) is 0 Å². The summed E-state index contributed by atoms with van der Waals surface area (Å²) < 4.78 is 0. The van der Waals surface area contributed by atoms with Crippen molar-refractivity contribution in [2.24, 2.45) is 5.73 Å². The highest BCUT2D eigenvalue weighted by Gasteiger charge is 2.16. The fourth-order valence-electron chi connectivity index (χ4n) is 1.60. The third-order valence-corrected chi connectivity index (χ3v) is 2.59. The van der Waals surface area contributed by atoms with Crippen LogP contribution in [0.2, 0.25) is 0 Å². The smallest absolute Gasteiger partial charge is 0.259 e. The van der Waals surface area contributed by atoms with E-state index >= 15 is 0 Å². The molecule has 0 unspecified atom stereocenters. The predicted molar refractivity (Wildman–Crippen MR) is 67.0 cm³/mol. The Kier molecular flexibility index (Phi) is 4.90. The number of nitrogens with two attached hydrogens (primary N) is 1. The number of pyridine rings is 1. The van der Waals surface area contributed by atoms with Gasteiger partial charge in [0.05, 0.1) is 0 Å². The average molecular weight is 237 g/mol. The van der Waals surface area contributed by atoms with Gasteiger partial charge in [0.2, 0.25) is 0 Å². The van der Waals surface area contributed by atoms with Crippen LogP contribution < -0.4 is 11.2 Å². The molecular formula is C12H19N3O2. The number of aromatic amines is 1. The van der Waals surface area contributed by atoms with Gasteiger partial charge in [-0.15, -0.1) is 0 Å². The standard InChI is InChI=1S/C12H19N3O2/c1-3-15(6-4-5-13)12(17)10-8-14-9(2)7-11(10)16/h7-8H,3-6,13H2,1-2H3,(H,14,16). The molecule has 0 aliphatic carbocycles. The van der Waals surface area contributed by atoms with Gasteiger partial charge in [-0.1, -0.05) is 0 Å². The van der Waals surface area contributed by atoms with Crippen LogP contribution in [0.25, 0.3) is 0 Å². The Hall–Kier alpha value is -1.62. The summed E-state index contributed by atoms with van der Waals surface area (Å²) in [6.45, 7) is 5.36. The van der Waals surface area contributed by atoms with Crippen molar-refractivity contribution < 1.29 is 4.79 Å². The van der Waals surface area contributed by atoms with Crippen molar-refractivity contribution in [1.29, 1.82) is 0 Å². The van der Waals surface area contributed by atoms with Gasteiger partial charge in [0.1, 0.15) is 5.56 Å². The van der Waals surface area contributed by atoms with E-state index in [1.54, 1.807) is 11.8 Å². The Labute approximate surface area is 101 Å². The maximum absolute atomic E-state index is 12.1. The van der Waals surface area contributed by atoms with Crippen LogP contribution >= 0.6 is 0 Å². The van der Waals surface area contributed by atoms with Gasteiger partial charge in [0.25, 0.3) is 5.91 Å². The van der Waals surface area contributed by atoms with Crippen LogP contribution in [0.3, 0.4) is 0 Å². The molecule has 0 bridgehead atoms. The van der Waals surface area contributed by atoms with Crippen molar-refractivity contribution in [3.05, 3.63) is 33.7 Å². The van der Waals surface area contributed by atoms with E-state index in [0.29, 0.717) is 19.6 Å². The van der Waals surface area contributed by atoms with Crippen molar-refractivity contribution in [2.75, 3.05) is 19.6 Å². The fourth-order valence-corrected chi connectivity index (χ4v) is 1.60. The van der Waals surface area contributed by atoms with Crippen LogP contribution in [-0.4, -0.2) is 35.4 Å². The zero-order chi connectivity index (χ0) is 12.8. The number of hydrogen-bond donors (Lipinski definition) is 2. The summed E-state index contributed by atoms with van der Waals surface area (Å²) in [4.78, 5) is 28.3. The highest BCUT2D eigenvalue weighted by molar-refractivity contribution is 5.93. The van der Waals surface area contributed by atoms with Crippen LogP contribution in [-0.2, 0) is 0 Å². The summed E-state index contributed by atoms with van der Waals surface area (Å²) in [6, 6.07) is 1.43. The second-order valence-corrected chi connectivity index (χ2v) is 3.92. The predicted octanol–water partition coefficient (Wildman–Crippen LogP) is 0.494. The highest BCUT2D eigenvalue weighted by Crippen LogP contribution is 2.01. The number of amides is 1. The third kappa shape index (κ3) is 3.42. The summed E-state index contributed by atoms with van der Waals surface area (Å²) in [5.41, 5.74) is 6.11. The molecule has 17 heavy (non-hydrogen) atoms. The molecule has 0 aliphatic rings. The maximum Gasteiger partial charge on any atom is 0.259 e. The van der Waals surface area contributed by atoms with Gasteiger partial charge >= 0.3 is 0 Å². The molecule has 0 fully saturated rings. The number of H-pyrrole nitrogens is 1. The number of aromatic nitrogens is 1. The van der Waals surface area contributed by atoms with Gasteiger partial charge in [0, 0.05) is 31.0 Å². The second kappa shape index (κ2) is 6.20. The van der Waals surface area contributed by atoms with Crippen LogP contribution in [0, 0.1) is 6.92 Å². The molecule has 1 amide bonds. The Bertz CT molecular complexity index is 440. The summed E-state index contributed by atoms with van der Waals surface area (Å²) in [5, 5.41) is 0. The lowest BCUT2D eigenvalue weighted by Crippen LogP contribution is -2.35. The van der Waals surface area contributed by atoms with Crippen LogP contribution in [0.1, 0.15) is 29.4 Å². The van der Waals surface area contributed by atoms with Gasteiger partial charge in [-0.05, 0) is 26.8 Å². The number of hydrogen-bond acceptors (Lipinski definition) is 3. The van der Waals surface area contributed by atoms with Crippen LogP contribution in [0.15, 0.2) is 17.1 Å². The lowest BCUT2D eigenvalue weighted by Gasteiger charge is -2.20.